The predicted molar refractivity (Wildman–Crippen MR) is 87.9 cm³/mol. The highest BCUT2D eigenvalue weighted by Gasteiger charge is 2.21. The van der Waals surface area contributed by atoms with Crippen molar-refractivity contribution >= 4 is 26.6 Å². The first-order valence-electron chi connectivity index (χ1n) is 7.24. The average molecular weight is 312 g/mol. The lowest BCUT2D eigenvalue weighted by Gasteiger charge is -2.09. The van der Waals surface area contributed by atoms with E-state index >= 15 is 0 Å². The molecular formula is C17H16N2O2S. The molecule has 0 saturated carbocycles. The summed E-state index contributed by atoms with van der Waals surface area (Å²) in [5.74, 6) is 0. The zero-order valence-electron chi connectivity index (χ0n) is 12.2. The molecule has 0 atom stereocenters. The number of aryl methyl sites for hydroxylation is 1. The molecule has 0 unspecified atom stereocenters. The lowest BCUT2D eigenvalue weighted by atomic mass is 10.2. The van der Waals surface area contributed by atoms with Gasteiger partial charge in [-0.25, -0.2) is 12.4 Å². The fourth-order valence-corrected chi connectivity index (χ4v) is 4.00. The van der Waals surface area contributed by atoms with E-state index in [1.54, 1.807) is 18.3 Å². The molecule has 2 aromatic carbocycles. The Hall–Kier alpha value is -2.27. The van der Waals surface area contributed by atoms with Gasteiger partial charge in [0.1, 0.15) is 0 Å². The summed E-state index contributed by atoms with van der Waals surface area (Å²) in [4.78, 5) is 2.55. The van der Waals surface area contributed by atoms with E-state index in [9.17, 15) is 8.42 Å². The van der Waals surface area contributed by atoms with Gasteiger partial charge in [0, 0.05) is 30.4 Å². The smallest absolute Gasteiger partial charge is 0.268 e. The Balaban J connectivity index is 1.84. The van der Waals surface area contributed by atoms with E-state index in [1.165, 1.54) is 3.97 Å². The maximum absolute atomic E-state index is 12.8. The molecule has 0 bridgehead atoms. The van der Waals surface area contributed by atoms with Crippen molar-refractivity contribution in [1.29, 1.82) is 0 Å². The second-order valence-electron chi connectivity index (χ2n) is 5.66. The van der Waals surface area contributed by atoms with Crippen LogP contribution in [0.5, 0.6) is 0 Å². The average Bonchev–Trinajstić information content (AvgIpc) is 3.26. The molecule has 1 saturated heterocycles. The summed E-state index contributed by atoms with van der Waals surface area (Å²) in [5.41, 5.74) is 2.91. The summed E-state index contributed by atoms with van der Waals surface area (Å²) in [6, 6.07) is 14.7. The number of benzene rings is 2. The number of nitrogens with zero attached hydrogens (tertiary/aromatic N) is 2. The molecule has 1 aliphatic rings. The van der Waals surface area contributed by atoms with Crippen molar-refractivity contribution in [3.8, 4) is 0 Å². The maximum Gasteiger partial charge on any atom is 0.268 e. The van der Waals surface area contributed by atoms with Crippen LogP contribution < -0.4 is 4.90 Å². The molecule has 3 aromatic rings. The molecule has 0 N–H and O–H groups in total. The van der Waals surface area contributed by atoms with Gasteiger partial charge in [-0.1, -0.05) is 17.7 Å². The van der Waals surface area contributed by atoms with Gasteiger partial charge in [-0.05, 0) is 43.3 Å². The molecule has 112 valence electrons. The van der Waals surface area contributed by atoms with Crippen LogP contribution in [0.3, 0.4) is 0 Å². The molecule has 22 heavy (non-hydrogen) atoms. The first kappa shape index (κ1) is 13.4. The molecular weight excluding hydrogens is 296 g/mol. The normalized spacial score (nSPS) is 14.5. The molecule has 0 aliphatic carbocycles. The quantitative estimate of drug-likeness (QED) is 0.698. The van der Waals surface area contributed by atoms with Gasteiger partial charge in [-0.2, -0.15) is 0 Å². The summed E-state index contributed by atoms with van der Waals surface area (Å²) in [6.07, 6.45) is 1.63. The third kappa shape index (κ3) is 2.09. The molecule has 4 rings (SSSR count). The Morgan fingerprint density at radius 1 is 0.955 bits per heavy atom. The van der Waals surface area contributed by atoms with E-state index in [1.807, 2.05) is 43.3 Å². The number of aromatic nitrogens is 1. The first-order chi connectivity index (χ1) is 10.6. The van der Waals surface area contributed by atoms with Gasteiger partial charge < -0.3 is 4.90 Å². The lowest BCUT2D eigenvalue weighted by molar-refractivity contribution is 0.589. The second-order valence-corrected chi connectivity index (χ2v) is 7.47. The van der Waals surface area contributed by atoms with Gasteiger partial charge >= 0.3 is 0 Å². The fourth-order valence-electron chi connectivity index (χ4n) is 2.64. The lowest BCUT2D eigenvalue weighted by Crippen LogP contribution is -2.11. The molecule has 5 heteroatoms. The highest BCUT2D eigenvalue weighted by atomic mass is 32.2. The highest BCUT2D eigenvalue weighted by Crippen LogP contribution is 2.28. The Kier molecular flexibility index (Phi) is 2.81. The largest absolute Gasteiger partial charge is 0.368 e. The number of hydrogen-bond acceptors (Lipinski definition) is 3. The standard InChI is InChI=1S/C17H16N2O2S/c1-13-2-5-16(6-3-13)22(20,21)19-9-8-14-12-15(18-10-11-18)4-7-17(14)19/h2-9,12H,10-11H2,1H3. The molecule has 0 spiro atoms. The summed E-state index contributed by atoms with van der Waals surface area (Å²) < 4.78 is 27.0. The van der Waals surface area contributed by atoms with Gasteiger partial charge in [-0.3, -0.25) is 0 Å². The molecule has 4 nitrogen and oxygen atoms in total. The van der Waals surface area contributed by atoms with E-state index in [2.05, 4.69) is 4.90 Å². The van der Waals surface area contributed by atoms with E-state index in [4.69, 9.17) is 0 Å². The van der Waals surface area contributed by atoms with Crippen molar-refractivity contribution in [3.05, 3.63) is 60.3 Å². The molecule has 1 fully saturated rings. The van der Waals surface area contributed by atoms with Crippen molar-refractivity contribution in [2.75, 3.05) is 18.0 Å². The van der Waals surface area contributed by atoms with Gasteiger partial charge in [0.05, 0.1) is 10.4 Å². The van der Waals surface area contributed by atoms with Crippen molar-refractivity contribution in [2.24, 2.45) is 0 Å². The molecule has 2 heterocycles. The van der Waals surface area contributed by atoms with Crippen LogP contribution in [-0.2, 0) is 10.0 Å². The van der Waals surface area contributed by atoms with Crippen LogP contribution in [0.4, 0.5) is 5.69 Å². The number of rotatable bonds is 3. The van der Waals surface area contributed by atoms with Crippen LogP contribution in [0.2, 0.25) is 0 Å². The molecule has 0 radical (unpaired) electrons. The Morgan fingerprint density at radius 3 is 2.36 bits per heavy atom. The van der Waals surface area contributed by atoms with Crippen molar-refractivity contribution in [2.45, 2.75) is 11.8 Å². The zero-order chi connectivity index (χ0) is 15.3. The van der Waals surface area contributed by atoms with E-state index in [0.717, 1.165) is 29.7 Å². The van der Waals surface area contributed by atoms with Crippen LogP contribution in [-0.4, -0.2) is 25.5 Å². The van der Waals surface area contributed by atoms with Gasteiger partial charge in [0.2, 0.25) is 0 Å². The highest BCUT2D eigenvalue weighted by molar-refractivity contribution is 7.90. The van der Waals surface area contributed by atoms with Crippen LogP contribution in [0, 0.1) is 6.92 Å². The van der Waals surface area contributed by atoms with Gasteiger partial charge in [0.15, 0.2) is 0 Å². The minimum Gasteiger partial charge on any atom is -0.368 e. The summed E-state index contributed by atoms with van der Waals surface area (Å²) in [7, 11) is -3.55. The number of fused-ring (bicyclic) bond motifs is 1. The number of anilines is 1. The van der Waals surface area contributed by atoms with Crippen LogP contribution >= 0.6 is 0 Å². The Labute approximate surface area is 129 Å². The monoisotopic (exact) mass is 312 g/mol. The maximum atomic E-state index is 12.8. The van der Waals surface area contributed by atoms with Crippen molar-refractivity contribution in [3.63, 3.8) is 0 Å². The summed E-state index contributed by atoms with van der Waals surface area (Å²) in [6.45, 7) is 4.10. The van der Waals surface area contributed by atoms with E-state index in [-0.39, 0.29) is 0 Å². The van der Waals surface area contributed by atoms with Crippen LogP contribution in [0.25, 0.3) is 10.9 Å². The van der Waals surface area contributed by atoms with E-state index in [0.29, 0.717) is 10.4 Å². The fraction of sp³-hybridized carbons (Fsp3) is 0.176. The minimum absolute atomic E-state index is 0.311. The van der Waals surface area contributed by atoms with Crippen molar-refractivity contribution in [1.82, 2.24) is 3.97 Å². The van der Waals surface area contributed by atoms with Gasteiger partial charge in [0.25, 0.3) is 10.0 Å². The number of hydrogen-bond donors (Lipinski definition) is 0. The summed E-state index contributed by atoms with van der Waals surface area (Å²) >= 11 is 0. The molecule has 1 aliphatic heterocycles. The topological polar surface area (TPSA) is 42.1 Å². The third-order valence-electron chi connectivity index (χ3n) is 4.03. The molecule has 0 amide bonds. The summed E-state index contributed by atoms with van der Waals surface area (Å²) in [5, 5.41) is 0.945. The van der Waals surface area contributed by atoms with Crippen LogP contribution in [0.1, 0.15) is 5.56 Å². The van der Waals surface area contributed by atoms with E-state index < -0.39 is 10.0 Å². The Morgan fingerprint density at radius 2 is 1.68 bits per heavy atom. The second kappa shape index (κ2) is 4.61. The van der Waals surface area contributed by atoms with Gasteiger partial charge in [-0.15, -0.1) is 0 Å². The Bertz CT molecular complexity index is 952. The van der Waals surface area contributed by atoms with Crippen LogP contribution in [0.15, 0.2) is 59.6 Å². The predicted octanol–water partition coefficient (Wildman–Crippen LogP) is 3.01. The first-order valence-corrected chi connectivity index (χ1v) is 8.68. The molecule has 1 aromatic heterocycles. The van der Waals surface area contributed by atoms with Crippen molar-refractivity contribution < 1.29 is 8.42 Å². The zero-order valence-corrected chi connectivity index (χ0v) is 13.0. The third-order valence-corrected chi connectivity index (χ3v) is 5.73. The SMILES string of the molecule is Cc1ccc(S(=O)(=O)n2ccc3cc(N4CC4)ccc32)cc1. The minimum atomic E-state index is -3.55.